The van der Waals surface area contributed by atoms with Crippen molar-refractivity contribution in [3.63, 3.8) is 0 Å². The minimum absolute atomic E-state index is 0.190. The fourth-order valence-corrected chi connectivity index (χ4v) is 3.92. The van der Waals surface area contributed by atoms with Gasteiger partial charge in [-0.3, -0.25) is 4.79 Å². The molecule has 0 saturated carbocycles. The van der Waals surface area contributed by atoms with E-state index >= 15 is 0 Å². The van der Waals surface area contributed by atoms with Crippen LogP contribution in [0.2, 0.25) is 0 Å². The van der Waals surface area contributed by atoms with E-state index < -0.39 is 0 Å². The highest BCUT2D eigenvalue weighted by Crippen LogP contribution is 2.25. The molecule has 0 aliphatic heterocycles. The summed E-state index contributed by atoms with van der Waals surface area (Å²) in [6.45, 7) is 7.28. The number of aryl methyl sites for hydroxylation is 2. The van der Waals surface area contributed by atoms with Crippen LogP contribution in [0.3, 0.4) is 0 Å². The number of nitrogens with zero attached hydrogens (tertiary/aromatic N) is 2. The number of benzene rings is 2. The van der Waals surface area contributed by atoms with Gasteiger partial charge in [-0.2, -0.15) is 4.99 Å². The van der Waals surface area contributed by atoms with Gasteiger partial charge >= 0.3 is 0 Å². The average molecular weight is 365 g/mol. The number of hydrogen-bond acceptors (Lipinski definition) is 2. The zero-order valence-electron chi connectivity index (χ0n) is 15.5. The lowest BCUT2D eigenvalue weighted by molar-refractivity contribution is 0.0997. The molecule has 3 aromatic rings. The van der Waals surface area contributed by atoms with Crippen LogP contribution < -0.4 is 4.80 Å². The number of thiazole rings is 1. The molecular formula is C22H24N2OS. The molecule has 0 fully saturated rings. The van der Waals surface area contributed by atoms with Crippen molar-refractivity contribution in [2.75, 3.05) is 0 Å². The summed E-state index contributed by atoms with van der Waals surface area (Å²) in [5.74, 6) is -0.190. The third-order valence-electron chi connectivity index (χ3n) is 4.41. The quantitative estimate of drug-likeness (QED) is 0.599. The third kappa shape index (κ3) is 4.02. The van der Waals surface area contributed by atoms with Crippen LogP contribution in [0.5, 0.6) is 0 Å². The molecule has 3 rings (SSSR count). The summed E-state index contributed by atoms with van der Waals surface area (Å²) in [4.78, 5) is 17.7. The van der Waals surface area contributed by atoms with E-state index in [1.807, 2.05) is 18.2 Å². The largest absolute Gasteiger partial charge is 0.316 e. The van der Waals surface area contributed by atoms with Crippen LogP contribution >= 0.6 is 11.3 Å². The maximum Gasteiger partial charge on any atom is 0.279 e. The second kappa shape index (κ2) is 8.28. The van der Waals surface area contributed by atoms with Gasteiger partial charge in [0.05, 0.1) is 5.69 Å². The molecule has 1 heterocycles. The Balaban J connectivity index is 2.08. The van der Waals surface area contributed by atoms with Gasteiger partial charge in [-0.05, 0) is 38.0 Å². The monoisotopic (exact) mass is 364 g/mol. The van der Waals surface area contributed by atoms with Crippen LogP contribution in [0.15, 0.2) is 58.9 Å². The molecule has 0 bridgehead atoms. The Bertz CT molecular complexity index is 967. The van der Waals surface area contributed by atoms with Gasteiger partial charge in [0, 0.05) is 23.1 Å². The molecule has 0 saturated heterocycles. The van der Waals surface area contributed by atoms with Gasteiger partial charge in [-0.1, -0.05) is 55.3 Å². The molecule has 0 radical (unpaired) electrons. The minimum atomic E-state index is -0.190. The Hall–Kier alpha value is -2.46. The molecule has 3 nitrogen and oxygen atoms in total. The number of amides is 1. The summed E-state index contributed by atoms with van der Waals surface area (Å²) < 4.78 is 2.19. The summed E-state index contributed by atoms with van der Waals surface area (Å²) in [6, 6.07) is 15.7. The molecule has 0 aliphatic carbocycles. The standard InChI is InChI=1S/C22H24N2OS/c1-4-5-13-24-20(19-12-11-16(2)14-17(19)3)15-26-22(24)23-21(25)18-9-7-6-8-10-18/h6-12,14-15H,4-5,13H2,1-3H3/b23-22-. The lowest BCUT2D eigenvalue weighted by atomic mass is 10.0. The first-order valence-corrected chi connectivity index (χ1v) is 9.88. The van der Waals surface area contributed by atoms with Gasteiger partial charge in [-0.25, -0.2) is 0 Å². The highest BCUT2D eigenvalue weighted by Gasteiger charge is 2.12. The van der Waals surface area contributed by atoms with E-state index in [0.29, 0.717) is 5.56 Å². The van der Waals surface area contributed by atoms with E-state index in [2.05, 4.69) is 53.9 Å². The molecule has 134 valence electrons. The summed E-state index contributed by atoms with van der Waals surface area (Å²) in [7, 11) is 0. The van der Waals surface area contributed by atoms with Crippen molar-refractivity contribution in [3.8, 4) is 11.3 Å². The second-order valence-corrected chi connectivity index (χ2v) is 7.35. The van der Waals surface area contributed by atoms with Crippen LogP contribution in [0.4, 0.5) is 0 Å². The van der Waals surface area contributed by atoms with Crippen molar-refractivity contribution in [1.29, 1.82) is 0 Å². The number of rotatable bonds is 5. The van der Waals surface area contributed by atoms with Crippen LogP contribution in [0.1, 0.15) is 41.3 Å². The maximum absolute atomic E-state index is 12.5. The molecule has 26 heavy (non-hydrogen) atoms. The van der Waals surface area contributed by atoms with Crippen molar-refractivity contribution >= 4 is 17.2 Å². The van der Waals surface area contributed by atoms with Crippen molar-refractivity contribution in [2.45, 2.75) is 40.2 Å². The molecule has 0 atom stereocenters. The molecule has 1 amide bonds. The van der Waals surface area contributed by atoms with Gasteiger partial charge in [-0.15, -0.1) is 11.3 Å². The Morgan fingerprint density at radius 1 is 1.12 bits per heavy atom. The Morgan fingerprint density at radius 3 is 2.58 bits per heavy atom. The van der Waals surface area contributed by atoms with Gasteiger partial charge in [0.2, 0.25) is 0 Å². The zero-order chi connectivity index (χ0) is 18.5. The zero-order valence-corrected chi connectivity index (χ0v) is 16.3. The number of hydrogen-bond donors (Lipinski definition) is 0. The van der Waals surface area contributed by atoms with Gasteiger partial charge in [0.1, 0.15) is 0 Å². The predicted molar refractivity (Wildman–Crippen MR) is 108 cm³/mol. The Labute approximate surface area is 158 Å². The van der Waals surface area contributed by atoms with Gasteiger partial charge < -0.3 is 4.57 Å². The van der Waals surface area contributed by atoms with Crippen molar-refractivity contribution in [2.24, 2.45) is 4.99 Å². The fraction of sp³-hybridized carbons (Fsp3) is 0.273. The number of aromatic nitrogens is 1. The summed E-state index contributed by atoms with van der Waals surface area (Å²) in [6.07, 6.45) is 2.16. The van der Waals surface area contributed by atoms with Crippen molar-refractivity contribution in [3.05, 3.63) is 75.4 Å². The molecule has 2 aromatic carbocycles. The number of carbonyl (C=O) groups excluding carboxylic acids is 1. The van der Waals surface area contributed by atoms with Crippen LogP contribution in [-0.2, 0) is 6.54 Å². The molecule has 0 N–H and O–H groups in total. The van der Waals surface area contributed by atoms with E-state index in [0.717, 1.165) is 29.9 Å². The minimum Gasteiger partial charge on any atom is -0.316 e. The molecular weight excluding hydrogens is 340 g/mol. The van der Waals surface area contributed by atoms with Crippen LogP contribution in [0, 0.1) is 13.8 Å². The Kier molecular flexibility index (Phi) is 5.84. The van der Waals surface area contributed by atoms with E-state index in [4.69, 9.17) is 0 Å². The van der Waals surface area contributed by atoms with Crippen LogP contribution in [-0.4, -0.2) is 10.5 Å². The van der Waals surface area contributed by atoms with Crippen molar-refractivity contribution < 1.29 is 4.79 Å². The first kappa shape index (κ1) is 18.3. The second-order valence-electron chi connectivity index (χ2n) is 6.51. The molecule has 0 aliphatic rings. The first-order chi connectivity index (χ1) is 12.6. The predicted octanol–water partition coefficient (Wildman–Crippen LogP) is 5.37. The topological polar surface area (TPSA) is 34.4 Å². The molecule has 4 heteroatoms. The highest BCUT2D eigenvalue weighted by atomic mass is 32.1. The maximum atomic E-state index is 12.5. The van der Waals surface area contributed by atoms with E-state index in [1.165, 1.54) is 28.0 Å². The molecule has 1 aromatic heterocycles. The summed E-state index contributed by atoms with van der Waals surface area (Å²) >= 11 is 1.53. The Morgan fingerprint density at radius 2 is 1.88 bits per heavy atom. The third-order valence-corrected chi connectivity index (χ3v) is 5.27. The average Bonchev–Trinajstić information content (AvgIpc) is 3.03. The SMILES string of the molecule is CCCCn1c(-c2ccc(C)cc2C)cs/c1=N\C(=O)c1ccccc1. The fourth-order valence-electron chi connectivity index (χ4n) is 3.00. The normalized spacial score (nSPS) is 11.7. The highest BCUT2D eigenvalue weighted by molar-refractivity contribution is 7.07. The van der Waals surface area contributed by atoms with E-state index in [9.17, 15) is 4.79 Å². The van der Waals surface area contributed by atoms with Gasteiger partial charge in [0.15, 0.2) is 4.80 Å². The van der Waals surface area contributed by atoms with E-state index in [1.54, 1.807) is 12.1 Å². The summed E-state index contributed by atoms with van der Waals surface area (Å²) in [5, 5.41) is 2.12. The molecule has 0 unspecified atom stereocenters. The number of carbonyl (C=O) groups is 1. The van der Waals surface area contributed by atoms with E-state index in [-0.39, 0.29) is 5.91 Å². The smallest absolute Gasteiger partial charge is 0.279 e. The lowest BCUT2D eigenvalue weighted by Gasteiger charge is -2.11. The van der Waals surface area contributed by atoms with Gasteiger partial charge in [0.25, 0.3) is 5.91 Å². The molecule has 0 spiro atoms. The van der Waals surface area contributed by atoms with Crippen molar-refractivity contribution in [1.82, 2.24) is 4.57 Å². The number of unbranched alkanes of at least 4 members (excludes halogenated alkanes) is 1. The lowest BCUT2D eigenvalue weighted by Crippen LogP contribution is -2.18. The van der Waals surface area contributed by atoms with Crippen LogP contribution in [0.25, 0.3) is 11.3 Å². The summed E-state index contributed by atoms with van der Waals surface area (Å²) in [5.41, 5.74) is 5.47. The first-order valence-electron chi connectivity index (χ1n) is 9.00.